The average Bonchev–Trinajstić information content (AvgIpc) is 2.75. The van der Waals surface area contributed by atoms with E-state index in [4.69, 9.17) is 0 Å². The van der Waals surface area contributed by atoms with Crippen LogP contribution >= 0.6 is 0 Å². The number of urea groups is 1. The maximum absolute atomic E-state index is 11.7. The molecule has 1 heterocycles. The summed E-state index contributed by atoms with van der Waals surface area (Å²) in [4.78, 5) is 11.7. The van der Waals surface area contributed by atoms with Crippen molar-refractivity contribution >= 4 is 6.03 Å². The van der Waals surface area contributed by atoms with Gasteiger partial charge < -0.3 is 15.7 Å². The van der Waals surface area contributed by atoms with Crippen LogP contribution in [0, 0.1) is 0 Å². The fraction of sp³-hybridized carbons (Fsp3) is 0.692. The lowest BCUT2D eigenvalue weighted by Crippen LogP contribution is -2.52. The number of hydrogen-bond acceptors (Lipinski definition) is 3. The Morgan fingerprint density at radius 2 is 2.32 bits per heavy atom. The van der Waals surface area contributed by atoms with Crippen LogP contribution in [0.15, 0.2) is 12.4 Å². The van der Waals surface area contributed by atoms with Gasteiger partial charge in [-0.05, 0) is 25.3 Å². The maximum Gasteiger partial charge on any atom is 0.315 e. The Morgan fingerprint density at radius 1 is 1.58 bits per heavy atom. The summed E-state index contributed by atoms with van der Waals surface area (Å²) in [5.41, 5.74) is 0.536. The summed E-state index contributed by atoms with van der Waals surface area (Å²) in [6.07, 6.45) is 6.11. The monoisotopic (exact) mass is 268 g/mol. The third-order valence-corrected chi connectivity index (χ3v) is 3.02. The molecule has 0 bridgehead atoms. The van der Waals surface area contributed by atoms with Crippen LogP contribution in [-0.4, -0.2) is 39.6 Å². The number of amides is 2. The van der Waals surface area contributed by atoms with Crippen LogP contribution in [0.1, 0.15) is 32.3 Å². The number of aryl methyl sites for hydroxylation is 1. The van der Waals surface area contributed by atoms with E-state index in [1.165, 1.54) is 0 Å². The first kappa shape index (κ1) is 15.5. The largest absolute Gasteiger partial charge is 0.394 e. The maximum atomic E-state index is 11.7. The number of rotatable bonds is 7. The Kier molecular flexibility index (Phi) is 5.82. The summed E-state index contributed by atoms with van der Waals surface area (Å²) in [6, 6.07) is -0.242. The molecule has 3 N–H and O–H groups in total. The number of aromatic nitrogens is 2. The summed E-state index contributed by atoms with van der Waals surface area (Å²) in [5, 5.41) is 19.0. The van der Waals surface area contributed by atoms with E-state index in [-0.39, 0.29) is 12.6 Å². The molecule has 1 aromatic rings. The van der Waals surface area contributed by atoms with Crippen molar-refractivity contribution in [2.75, 3.05) is 13.2 Å². The summed E-state index contributed by atoms with van der Waals surface area (Å²) in [5.74, 6) is 0. The Bertz CT molecular complexity index is 405. The molecule has 6 heteroatoms. The van der Waals surface area contributed by atoms with Crippen molar-refractivity contribution in [2.24, 2.45) is 7.05 Å². The fourth-order valence-corrected chi connectivity index (χ4v) is 1.97. The van der Waals surface area contributed by atoms with Crippen LogP contribution in [0.2, 0.25) is 0 Å². The molecule has 1 rings (SSSR count). The topological polar surface area (TPSA) is 79.2 Å². The SMILES string of the molecule is CCCC(C)(CO)NC(=O)NCCc1cnn(C)c1. The van der Waals surface area contributed by atoms with Crippen molar-refractivity contribution in [3.63, 3.8) is 0 Å². The van der Waals surface area contributed by atoms with Gasteiger partial charge in [-0.2, -0.15) is 5.10 Å². The van der Waals surface area contributed by atoms with Crippen LogP contribution in [0.5, 0.6) is 0 Å². The Balaban J connectivity index is 2.31. The van der Waals surface area contributed by atoms with Crippen LogP contribution in [0.3, 0.4) is 0 Å². The van der Waals surface area contributed by atoms with E-state index in [2.05, 4.69) is 15.7 Å². The quantitative estimate of drug-likeness (QED) is 0.685. The smallest absolute Gasteiger partial charge is 0.315 e. The van der Waals surface area contributed by atoms with Gasteiger partial charge in [0.2, 0.25) is 0 Å². The third-order valence-electron chi connectivity index (χ3n) is 3.02. The van der Waals surface area contributed by atoms with Crippen molar-refractivity contribution in [3.05, 3.63) is 18.0 Å². The molecule has 108 valence electrons. The van der Waals surface area contributed by atoms with Gasteiger partial charge in [0.25, 0.3) is 0 Å². The summed E-state index contributed by atoms with van der Waals surface area (Å²) in [6.45, 7) is 4.36. The molecule has 0 saturated carbocycles. The van der Waals surface area contributed by atoms with Gasteiger partial charge >= 0.3 is 6.03 Å². The van der Waals surface area contributed by atoms with Crippen molar-refractivity contribution in [1.82, 2.24) is 20.4 Å². The molecule has 0 radical (unpaired) electrons. The number of hydrogen-bond donors (Lipinski definition) is 3. The normalized spacial score (nSPS) is 13.9. The van der Waals surface area contributed by atoms with E-state index >= 15 is 0 Å². The van der Waals surface area contributed by atoms with Crippen LogP contribution in [0.4, 0.5) is 4.79 Å². The van der Waals surface area contributed by atoms with E-state index in [0.717, 1.165) is 24.8 Å². The zero-order valence-electron chi connectivity index (χ0n) is 11.9. The van der Waals surface area contributed by atoms with E-state index in [1.54, 1.807) is 10.9 Å². The second-order valence-electron chi connectivity index (χ2n) is 5.12. The highest BCUT2D eigenvalue weighted by Gasteiger charge is 2.24. The number of aliphatic hydroxyl groups is 1. The molecule has 1 unspecified atom stereocenters. The average molecular weight is 268 g/mol. The number of aliphatic hydroxyl groups excluding tert-OH is 1. The Labute approximate surface area is 114 Å². The van der Waals surface area contributed by atoms with Gasteiger partial charge in [-0.15, -0.1) is 0 Å². The Morgan fingerprint density at radius 3 is 2.84 bits per heavy atom. The number of nitrogens with one attached hydrogen (secondary N) is 2. The van der Waals surface area contributed by atoms with E-state index in [1.807, 2.05) is 27.1 Å². The minimum Gasteiger partial charge on any atom is -0.394 e. The number of carbonyl (C=O) groups is 1. The van der Waals surface area contributed by atoms with E-state index in [0.29, 0.717) is 6.54 Å². The first-order valence-corrected chi connectivity index (χ1v) is 6.63. The fourth-order valence-electron chi connectivity index (χ4n) is 1.97. The molecule has 0 aliphatic rings. The third kappa shape index (κ3) is 5.30. The molecule has 1 aromatic heterocycles. The standard InChI is InChI=1S/C13H24N4O2/c1-4-6-13(2,10-18)16-12(19)14-7-5-11-8-15-17(3)9-11/h8-9,18H,4-7,10H2,1-3H3,(H2,14,16,19). The molecule has 0 aromatic carbocycles. The van der Waals surface area contributed by atoms with Gasteiger partial charge in [0.05, 0.1) is 18.3 Å². The van der Waals surface area contributed by atoms with Gasteiger partial charge in [-0.1, -0.05) is 13.3 Å². The van der Waals surface area contributed by atoms with Crippen molar-refractivity contribution in [3.8, 4) is 0 Å². The molecule has 0 aliphatic heterocycles. The molecule has 0 saturated heterocycles. The van der Waals surface area contributed by atoms with E-state index < -0.39 is 5.54 Å². The number of carbonyl (C=O) groups excluding carboxylic acids is 1. The Hall–Kier alpha value is -1.56. The molecule has 19 heavy (non-hydrogen) atoms. The van der Waals surface area contributed by atoms with Gasteiger partial charge in [-0.25, -0.2) is 4.79 Å². The van der Waals surface area contributed by atoms with Crippen LogP contribution in [0.25, 0.3) is 0 Å². The van der Waals surface area contributed by atoms with Crippen LogP contribution < -0.4 is 10.6 Å². The van der Waals surface area contributed by atoms with Crippen molar-refractivity contribution in [1.29, 1.82) is 0 Å². The zero-order chi connectivity index (χ0) is 14.3. The predicted octanol–water partition coefficient (Wildman–Crippen LogP) is 0.813. The predicted molar refractivity (Wildman–Crippen MR) is 73.8 cm³/mol. The number of nitrogens with zero attached hydrogens (tertiary/aromatic N) is 2. The summed E-state index contributed by atoms with van der Waals surface area (Å²) < 4.78 is 1.74. The highest BCUT2D eigenvalue weighted by molar-refractivity contribution is 5.74. The first-order valence-electron chi connectivity index (χ1n) is 6.63. The zero-order valence-corrected chi connectivity index (χ0v) is 11.9. The highest BCUT2D eigenvalue weighted by Crippen LogP contribution is 2.10. The summed E-state index contributed by atoms with van der Waals surface area (Å²) in [7, 11) is 1.86. The first-order chi connectivity index (χ1) is 8.99. The van der Waals surface area contributed by atoms with Gasteiger partial charge in [0, 0.05) is 19.8 Å². The van der Waals surface area contributed by atoms with Gasteiger partial charge in [0.1, 0.15) is 0 Å². The minimum atomic E-state index is -0.548. The molecule has 0 fully saturated rings. The van der Waals surface area contributed by atoms with Crippen LogP contribution in [-0.2, 0) is 13.5 Å². The lowest BCUT2D eigenvalue weighted by atomic mass is 9.98. The molecular weight excluding hydrogens is 244 g/mol. The van der Waals surface area contributed by atoms with Gasteiger partial charge in [0.15, 0.2) is 0 Å². The minimum absolute atomic E-state index is 0.0587. The molecule has 1 atom stereocenters. The molecular formula is C13H24N4O2. The van der Waals surface area contributed by atoms with Crippen molar-refractivity contribution < 1.29 is 9.90 Å². The highest BCUT2D eigenvalue weighted by atomic mass is 16.3. The van der Waals surface area contributed by atoms with E-state index in [9.17, 15) is 9.90 Å². The molecule has 6 nitrogen and oxygen atoms in total. The lowest BCUT2D eigenvalue weighted by Gasteiger charge is -2.28. The summed E-state index contributed by atoms with van der Waals surface area (Å²) >= 11 is 0. The molecule has 0 spiro atoms. The molecule has 2 amide bonds. The second-order valence-corrected chi connectivity index (χ2v) is 5.12. The lowest BCUT2D eigenvalue weighted by molar-refractivity contribution is 0.163. The molecule has 0 aliphatic carbocycles. The van der Waals surface area contributed by atoms with Gasteiger partial charge in [-0.3, -0.25) is 4.68 Å². The van der Waals surface area contributed by atoms with Crippen molar-refractivity contribution in [2.45, 2.75) is 38.6 Å². The second kappa shape index (κ2) is 7.13.